The molecule has 1 aliphatic carbocycles. The van der Waals surface area contributed by atoms with Gasteiger partial charge in [-0.3, -0.25) is 48.6 Å². The number of nitrogens with zero attached hydrogens (tertiary/aromatic N) is 6. The maximum atomic E-state index is 14.4. The van der Waals surface area contributed by atoms with Crippen molar-refractivity contribution in [1.29, 1.82) is 0 Å². The van der Waals surface area contributed by atoms with Crippen molar-refractivity contribution in [3.8, 4) is 0 Å². The Hall–Kier alpha value is -7.43. The molecule has 448 valence electrons. The molecule has 2 fully saturated rings. The first-order chi connectivity index (χ1) is 39.2. The maximum absolute atomic E-state index is 14.4. The number of unbranched alkanes of at least 4 members (excludes halogenated alkanes) is 1. The van der Waals surface area contributed by atoms with Crippen molar-refractivity contribution in [3.05, 3.63) is 72.1 Å². The molecular weight excluding hydrogens is 1080 g/mol. The summed E-state index contributed by atoms with van der Waals surface area (Å²) in [6.45, 7) is 3.49. The van der Waals surface area contributed by atoms with Gasteiger partial charge >= 0.3 is 23.9 Å². The summed E-state index contributed by atoms with van der Waals surface area (Å²) >= 11 is 5.72. The highest BCUT2D eigenvalue weighted by Gasteiger charge is 2.32. The van der Waals surface area contributed by atoms with E-state index >= 15 is 0 Å². The van der Waals surface area contributed by atoms with E-state index in [2.05, 4.69) is 26.3 Å². The molecule has 1 aromatic heterocycles. The Bertz CT molecular complexity index is 2660. The van der Waals surface area contributed by atoms with Crippen LogP contribution in [0.25, 0.3) is 10.8 Å². The number of hydrogen-bond donors (Lipinski definition) is 11. The molecule has 0 radical (unpaired) electrons. The molecule has 2 heterocycles. The van der Waals surface area contributed by atoms with Crippen LogP contribution in [0.4, 0.5) is 10.5 Å². The molecule has 6 amide bonds. The number of thiocarbonyl (C=S) groups is 1. The van der Waals surface area contributed by atoms with Crippen molar-refractivity contribution in [1.82, 2.24) is 45.4 Å². The number of fused-ring (bicyclic) bond motifs is 1. The van der Waals surface area contributed by atoms with E-state index in [1.807, 2.05) is 74.2 Å². The van der Waals surface area contributed by atoms with Gasteiger partial charge in [0, 0.05) is 101 Å². The average Bonchev–Trinajstić information content (AvgIpc) is 3.59. The lowest BCUT2D eigenvalue weighted by atomic mass is 9.81. The van der Waals surface area contributed by atoms with Gasteiger partial charge in [-0.1, -0.05) is 36.4 Å². The fourth-order valence-electron chi connectivity index (χ4n) is 10.5. The van der Waals surface area contributed by atoms with E-state index in [-0.39, 0.29) is 69.5 Å². The van der Waals surface area contributed by atoms with E-state index in [1.165, 1.54) is 0 Å². The minimum atomic E-state index is -1.53. The standard InChI is InChI=1S/C55H80N14O12S/c56-28-42(35-70)67-24-21-65(32-47(57)71)22-26-68(34-49(59)73)41(30-66(23-25-67)33-48(58)72)27-36-10-14-40(15-11-36)62-55(82)61-29-37-8-12-39(13-9-37)51(76)69(31-46-43-6-2-1-5-38(43)18-19-60-46)20-4-3-7-44(52(77)78)63-54(81)64-45(53(79)80)16-17-50(74)75/h1-2,5-6,10-11,14-15,18-19,35,37,39,41-42,44-45H,3-4,7-9,12-13,16-17,20-34,56H2,(H2,57,71)(H2,58,72)(H2,59,73)(H,74,75)(H,77,78)(H,79,80)(H2,61,62,82)(H2,63,64,81)/t37?,39?,41?,42?,44-,45-/m1/s1. The Morgan fingerprint density at radius 1 is 0.756 bits per heavy atom. The third-order valence-corrected chi connectivity index (χ3v) is 15.2. The first kappa shape index (κ1) is 65.4. The number of aromatic nitrogens is 1. The summed E-state index contributed by atoms with van der Waals surface area (Å²) in [6.07, 6.45) is 5.46. The first-order valence-electron chi connectivity index (χ1n) is 27.6. The number of aldehydes is 1. The average molecular weight is 1160 g/mol. The van der Waals surface area contributed by atoms with Crippen LogP contribution in [0, 0.1) is 11.8 Å². The summed E-state index contributed by atoms with van der Waals surface area (Å²) in [5.74, 6) is -5.74. The Morgan fingerprint density at radius 3 is 2.00 bits per heavy atom. The SMILES string of the molecule is NCC(C=O)N1CCN(CC(N)=O)CCN(CC(N)=O)C(Cc2ccc(NC(=S)NCC3CCC(C(=O)N(CCCC[C@@H](NC(=O)N[C@H](CCC(=O)O)C(=O)O)C(=O)O)Cc4nccc5ccccc45)CC3)cc2)CN(CC(N)=O)CC1. The molecule has 1 aliphatic heterocycles. The molecule has 27 heteroatoms. The van der Waals surface area contributed by atoms with Crippen molar-refractivity contribution in [2.75, 3.05) is 90.4 Å². The van der Waals surface area contributed by atoms with Gasteiger partial charge in [0.05, 0.1) is 37.9 Å². The van der Waals surface area contributed by atoms with Crippen LogP contribution < -0.4 is 44.2 Å². The highest BCUT2D eigenvalue weighted by molar-refractivity contribution is 7.80. The summed E-state index contributed by atoms with van der Waals surface area (Å²) in [5.41, 5.74) is 25.4. The zero-order valence-corrected chi connectivity index (χ0v) is 47.0. The summed E-state index contributed by atoms with van der Waals surface area (Å²) < 4.78 is 0. The number of nitrogens with two attached hydrogens (primary N) is 4. The van der Waals surface area contributed by atoms with Crippen LogP contribution in [0.2, 0.25) is 0 Å². The number of primary amides is 3. The van der Waals surface area contributed by atoms with Gasteiger partial charge in [0.25, 0.3) is 0 Å². The van der Waals surface area contributed by atoms with Crippen LogP contribution in [0.1, 0.15) is 69.0 Å². The molecule has 0 spiro atoms. The largest absolute Gasteiger partial charge is 0.481 e. The smallest absolute Gasteiger partial charge is 0.326 e. The van der Waals surface area contributed by atoms with Crippen LogP contribution in [0.15, 0.2) is 60.8 Å². The molecular formula is C55H80N14O12S. The summed E-state index contributed by atoms with van der Waals surface area (Å²) in [6, 6.07) is 12.4. The predicted molar refractivity (Wildman–Crippen MR) is 309 cm³/mol. The Labute approximate surface area is 482 Å². The topological polar surface area (TPSA) is 396 Å². The van der Waals surface area contributed by atoms with Crippen molar-refractivity contribution >= 4 is 87.6 Å². The fourth-order valence-corrected chi connectivity index (χ4v) is 10.7. The molecule has 1 saturated carbocycles. The number of nitrogens with one attached hydrogen (secondary N) is 4. The van der Waals surface area contributed by atoms with E-state index < -0.39 is 72.6 Å². The fraction of sp³-hybridized carbons (Fsp3) is 0.545. The van der Waals surface area contributed by atoms with Crippen molar-refractivity contribution in [3.63, 3.8) is 0 Å². The lowest BCUT2D eigenvalue weighted by molar-refractivity contribution is -0.141. The monoisotopic (exact) mass is 1160 g/mol. The highest BCUT2D eigenvalue weighted by Crippen LogP contribution is 2.31. The zero-order chi connectivity index (χ0) is 59.7. The van der Waals surface area contributed by atoms with Crippen molar-refractivity contribution in [2.24, 2.45) is 34.8 Å². The molecule has 2 aliphatic rings. The summed E-state index contributed by atoms with van der Waals surface area (Å²) in [4.78, 5) is 125. The van der Waals surface area contributed by atoms with Crippen LogP contribution in [-0.2, 0) is 51.3 Å². The second kappa shape index (κ2) is 33.5. The Kier molecular flexibility index (Phi) is 26.7. The van der Waals surface area contributed by atoms with Crippen LogP contribution >= 0.6 is 12.2 Å². The van der Waals surface area contributed by atoms with Gasteiger partial charge in [0.2, 0.25) is 23.6 Å². The van der Waals surface area contributed by atoms with Gasteiger partial charge in [0.15, 0.2) is 5.11 Å². The summed E-state index contributed by atoms with van der Waals surface area (Å²) in [7, 11) is 0. The maximum Gasteiger partial charge on any atom is 0.326 e. The van der Waals surface area contributed by atoms with E-state index in [0.717, 1.165) is 41.2 Å². The number of amides is 6. The number of aliphatic carboxylic acids is 3. The molecule has 15 N–H and O–H groups in total. The van der Waals surface area contributed by atoms with Gasteiger partial charge in [-0.2, -0.15) is 0 Å². The van der Waals surface area contributed by atoms with E-state index in [9.17, 15) is 53.4 Å². The molecule has 2 unspecified atom stereocenters. The van der Waals surface area contributed by atoms with Crippen LogP contribution in [0.5, 0.6) is 0 Å². The molecule has 5 rings (SSSR count). The lowest BCUT2D eigenvalue weighted by Gasteiger charge is -2.39. The molecule has 82 heavy (non-hydrogen) atoms. The number of carbonyl (C=O) groups excluding carboxylic acids is 6. The summed E-state index contributed by atoms with van der Waals surface area (Å²) in [5, 5.41) is 41.5. The minimum Gasteiger partial charge on any atom is -0.481 e. The normalized spacial score (nSPS) is 19.0. The number of urea groups is 1. The van der Waals surface area contributed by atoms with E-state index in [4.69, 9.17) is 40.3 Å². The van der Waals surface area contributed by atoms with E-state index in [1.54, 1.807) is 11.1 Å². The van der Waals surface area contributed by atoms with E-state index in [0.29, 0.717) is 95.3 Å². The number of benzene rings is 2. The zero-order valence-electron chi connectivity index (χ0n) is 46.2. The molecule has 0 bridgehead atoms. The number of carboxylic acids is 3. The number of hydrogen-bond acceptors (Lipinski definition) is 16. The second-order valence-corrected chi connectivity index (χ2v) is 21.4. The number of carbonyl (C=O) groups is 9. The molecule has 2 aromatic carbocycles. The number of carboxylic acid groups (broad SMARTS) is 3. The molecule has 1 saturated heterocycles. The quantitative estimate of drug-likeness (QED) is 0.0242. The van der Waals surface area contributed by atoms with Crippen LogP contribution in [-0.4, -0.2) is 213 Å². The van der Waals surface area contributed by atoms with Crippen molar-refractivity contribution < 1.29 is 58.5 Å². The Balaban J connectivity index is 1.17. The van der Waals surface area contributed by atoms with Crippen molar-refractivity contribution in [2.45, 2.75) is 94.9 Å². The number of pyridine rings is 1. The second-order valence-electron chi connectivity index (χ2n) is 21.0. The highest BCUT2D eigenvalue weighted by atomic mass is 32.1. The molecule has 26 nitrogen and oxygen atoms in total. The van der Waals surface area contributed by atoms with Gasteiger partial charge in [-0.25, -0.2) is 14.4 Å². The lowest BCUT2D eigenvalue weighted by Crippen LogP contribution is -2.55. The van der Waals surface area contributed by atoms with Crippen LogP contribution in [0.3, 0.4) is 0 Å². The number of anilines is 1. The van der Waals surface area contributed by atoms with Gasteiger partial charge < -0.3 is 69.2 Å². The number of rotatable bonds is 29. The van der Waals surface area contributed by atoms with Gasteiger partial charge in [0.1, 0.15) is 18.4 Å². The van der Waals surface area contributed by atoms with Gasteiger partial charge in [-0.05, 0) is 105 Å². The molecule has 3 aromatic rings. The first-order valence-corrected chi connectivity index (χ1v) is 28.0. The third kappa shape index (κ3) is 22.1. The predicted octanol–water partition coefficient (Wildman–Crippen LogP) is -0.288. The molecule has 4 atom stereocenters. The van der Waals surface area contributed by atoms with Gasteiger partial charge in [-0.15, -0.1) is 0 Å². The Morgan fingerprint density at radius 2 is 1.38 bits per heavy atom. The third-order valence-electron chi connectivity index (χ3n) is 14.9. The minimum absolute atomic E-state index is 0.0205.